The van der Waals surface area contributed by atoms with Crippen molar-refractivity contribution in [1.82, 2.24) is 5.32 Å². The molecule has 0 saturated carbocycles. The van der Waals surface area contributed by atoms with Crippen molar-refractivity contribution in [3.8, 4) is 5.75 Å². The minimum Gasteiger partial charge on any atom is -0.495 e. The summed E-state index contributed by atoms with van der Waals surface area (Å²) in [5.41, 5.74) is -0.463. The molecule has 0 saturated heterocycles. The van der Waals surface area contributed by atoms with Gasteiger partial charge in [-0.05, 0) is 17.7 Å². The summed E-state index contributed by atoms with van der Waals surface area (Å²) in [7, 11) is 2.53. The molecule has 0 unspecified atom stereocenters. The molecule has 9 heteroatoms. The Bertz CT molecular complexity index is 853. The third-order valence-electron chi connectivity index (χ3n) is 3.68. The van der Waals surface area contributed by atoms with E-state index < -0.39 is 40.9 Å². The van der Waals surface area contributed by atoms with Gasteiger partial charge in [0.1, 0.15) is 34.8 Å². The van der Waals surface area contributed by atoms with Crippen LogP contribution in [0.4, 0.5) is 13.2 Å². The fourth-order valence-corrected chi connectivity index (χ4v) is 2.68. The van der Waals surface area contributed by atoms with Gasteiger partial charge >= 0.3 is 5.97 Å². The van der Waals surface area contributed by atoms with E-state index in [4.69, 9.17) is 16.3 Å². The van der Waals surface area contributed by atoms with E-state index in [0.717, 1.165) is 7.11 Å². The van der Waals surface area contributed by atoms with Gasteiger partial charge in [-0.15, -0.1) is 0 Å². The molecule has 0 aliphatic rings. The third kappa shape index (κ3) is 4.91. The van der Waals surface area contributed by atoms with E-state index in [1.165, 1.54) is 13.2 Å². The van der Waals surface area contributed by atoms with E-state index in [0.29, 0.717) is 23.4 Å². The van der Waals surface area contributed by atoms with Crippen molar-refractivity contribution in [2.45, 2.75) is 12.5 Å². The number of esters is 1. The number of nitrogens with one attached hydrogen (secondary N) is 1. The second-order valence-electron chi connectivity index (χ2n) is 5.47. The molecule has 0 aliphatic heterocycles. The summed E-state index contributed by atoms with van der Waals surface area (Å²) in [6.07, 6.45) is -0.0629. The molecule has 2 aromatic carbocycles. The molecule has 0 aromatic heterocycles. The maximum absolute atomic E-state index is 13.8. The van der Waals surface area contributed by atoms with E-state index in [2.05, 4.69) is 10.1 Å². The van der Waals surface area contributed by atoms with Crippen molar-refractivity contribution < 1.29 is 32.2 Å². The van der Waals surface area contributed by atoms with Crippen LogP contribution in [0, 0.1) is 17.5 Å². The maximum atomic E-state index is 13.8. The second-order valence-corrected chi connectivity index (χ2v) is 5.87. The van der Waals surface area contributed by atoms with Gasteiger partial charge in [-0.2, -0.15) is 0 Å². The minimum atomic E-state index is -1.39. The van der Waals surface area contributed by atoms with Gasteiger partial charge in [0.05, 0.1) is 19.2 Å². The molecule has 2 aromatic rings. The largest absolute Gasteiger partial charge is 0.495 e. The Labute approximate surface area is 158 Å². The van der Waals surface area contributed by atoms with E-state index >= 15 is 0 Å². The van der Waals surface area contributed by atoms with Crippen LogP contribution in [0.25, 0.3) is 0 Å². The summed E-state index contributed by atoms with van der Waals surface area (Å²) in [6, 6.07) is 4.17. The number of carbonyl (C=O) groups is 2. The highest BCUT2D eigenvalue weighted by Gasteiger charge is 2.26. The van der Waals surface area contributed by atoms with E-state index in [1.54, 1.807) is 12.1 Å². The molecule has 1 N–H and O–H groups in total. The lowest BCUT2D eigenvalue weighted by atomic mass is 10.0. The van der Waals surface area contributed by atoms with Gasteiger partial charge in [0, 0.05) is 18.6 Å². The molecule has 27 heavy (non-hydrogen) atoms. The smallest absolute Gasteiger partial charge is 0.328 e. The van der Waals surface area contributed by atoms with Crippen molar-refractivity contribution in [1.29, 1.82) is 0 Å². The zero-order chi connectivity index (χ0) is 20.1. The Kier molecular flexibility index (Phi) is 6.68. The van der Waals surface area contributed by atoms with Crippen LogP contribution >= 0.6 is 11.6 Å². The van der Waals surface area contributed by atoms with Crippen LogP contribution in [0.15, 0.2) is 30.3 Å². The van der Waals surface area contributed by atoms with Crippen molar-refractivity contribution in [3.63, 3.8) is 0 Å². The first-order chi connectivity index (χ1) is 12.8. The molecule has 0 heterocycles. The predicted octanol–water partition coefficient (Wildman–Crippen LogP) is 3.28. The number of amides is 1. The van der Waals surface area contributed by atoms with Crippen molar-refractivity contribution in [2.75, 3.05) is 14.2 Å². The highest BCUT2D eigenvalue weighted by molar-refractivity contribution is 6.32. The second kappa shape index (κ2) is 8.77. The average Bonchev–Trinajstić information content (AvgIpc) is 2.59. The van der Waals surface area contributed by atoms with E-state index in [-0.39, 0.29) is 11.4 Å². The Morgan fingerprint density at radius 1 is 1.11 bits per heavy atom. The summed E-state index contributed by atoms with van der Waals surface area (Å²) in [6.45, 7) is 0. The van der Waals surface area contributed by atoms with Gasteiger partial charge in [0.15, 0.2) is 0 Å². The Hall–Kier alpha value is -2.74. The van der Waals surface area contributed by atoms with Crippen LogP contribution in [-0.4, -0.2) is 32.1 Å². The molecule has 0 aliphatic carbocycles. The molecular formula is C18H15ClF3NO4. The zero-order valence-electron chi connectivity index (χ0n) is 14.3. The number of hydrogen-bond donors (Lipinski definition) is 1. The first kappa shape index (κ1) is 20.6. The normalized spacial score (nSPS) is 11.6. The maximum Gasteiger partial charge on any atom is 0.328 e. The summed E-state index contributed by atoms with van der Waals surface area (Å²) in [5.74, 6) is -5.59. The Morgan fingerprint density at radius 3 is 2.26 bits per heavy atom. The zero-order valence-corrected chi connectivity index (χ0v) is 15.1. The van der Waals surface area contributed by atoms with Crippen LogP contribution in [0.5, 0.6) is 5.75 Å². The molecule has 0 spiro atoms. The number of benzene rings is 2. The van der Waals surface area contributed by atoms with Gasteiger partial charge in [-0.25, -0.2) is 18.0 Å². The van der Waals surface area contributed by atoms with Crippen LogP contribution in [0.2, 0.25) is 5.02 Å². The standard InChI is InChI=1S/C18H15ClF3NO4/c1-26-15-4-3-9(5-11(15)19)6-14(18(25)27-2)23-17(24)16-12(21)7-10(20)8-13(16)22/h3-5,7-8,14H,6H2,1-2H3,(H,23,24)/t14-/m0/s1. The van der Waals surface area contributed by atoms with E-state index in [9.17, 15) is 22.8 Å². The topological polar surface area (TPSA) is 64.6 Å². The molecule has 0 bridgehead atoms. The molecule has 5 nitrogen and oxygen atoms in total. The number of ether oxygens (including phenoxy) is 2. The van der Waals surface area contributed by atoms with Gasteiger partial charge in [-0.3, -0.25) is 4.79 Å². The van der Waals surface area contributed by atoms with Gasteiger partial charge in [0.25, 0.3) is 5.91 Å². The highest BCUT2D eigenvalue weighted by Crippen LogP contribution is 2.25. The number of methoxy groups -OCH3 is 2. The van der Waals surface area contributed by atoms with Crippen molar-refractivity contribution in [2.24, 2.45) is 0 Å². The SMILES string of the molecule is COC(=O)[C@H](Cc1ccc(OC)c(Cl)c1)NC(=O)c1c(F)cc(F)cc1F. The lowest BCUT2D eigenvalue weighted by molar-refractivity contribution is -0.142. The minimum absolute atomic E-state index is 0.0629. The molecule has 0 radical (unpaired) electrons. The summed E-state index contributed by atoms with van der Waals surface area (Å²) in [4.78, 5) is 24.2. The fraction of sp³-hybridized carbons (Fsp3) is 0.222. The summed E-state index contributed by atoms with van der Waals surface area (Å²) in [5, 5.41) is 2.47. The summed E-state index contributed by atoms with van der Waals surface area (Å²) < 4.78 is 50.2. The van der Waals surface area contributed by atoms with Crippen LogP contribution in [0.3, 0.4) is 0 Å². The van der Waals surface area contributed by atoms with Crippen molar-refractivity contribution >= 4 is 23.5 Å². The average molecular weight is 402 g/mol. The lowest BCUT2D eigenvalue weighted by Gasteiger charge is -2.17. The third-order valence-corrected chi connectivity index (χ3v) is 3.98. The lowest BCUT2D eigenvalue weighted by Crippen LogP contribution is -2.43. The van der Waals surface area contributed by atoms with Crippen molar-refractivity contribution in [3.05, 3.63) is 63.9 Å². The highest BCUT2D eigenvalue weighted by atomic mass is 35.5. The first-order valence-corrected chi connectivity index (χ1v) is 8.00. The van der Waals surface area contributed by atoms with E-state index in [1.807, 2.05) is 0 Å². The number of rotatable bonds is 6. The molecular weight excluding hydrogens is 387 g/mol. The van der Waals surface area contributed by atoms with Gasteiger partial charge in [0.2, 0.25) is 0 Å². The monoisotopic (exact) mass is 401 g/mol. The number of carbonyl (C=O) groups excluding carboxylic acids is 2. The first-order valence-electron chi connectivity index (χ1n) is 7.62. The predicted molar refractivity (Wildman–Crippen MR) is 91.3 cm³/mol. The molecule has 1 atom stereocenters. The fourth-order valence-electron chi connectivity index (χ4n) is 2.40. The van der Waals surface area contributed by atoms with Crippen LogP contribution in [0.1, 0.15) is 15.9 Å². The van der Waals surface area contributed by atoms with Gasteiger partial charge in [-0.1, -0.05) is 17.7 Å². The molecule has 1 amide bonds. The molecule has 144 valence electrons. The number of halogens is 4. The molecule has 2 rings (SSSR count). The van der Waals surface area contributed by atoms with Gasteiger partial charge < -0.3 is 14.8 Å². The molecule has 0 fully saturated rings. The number of hydrogen-bond acceptors (Lipinski definition) is 4. The van der Waals surface area contributed by atoms with Crippen LogP contribution < -0.4 is 10.1 Å². The quantitative estimate of drug-likeness (QED) is 0.754. The Morgan fingerprint density at radius 2 is 1.74 bits per heavy atom. The summed E-state index contributed by atoms with van der Waals surface area (Å²) >= 11 is 6.02. The van der Waals surface area contributed by atoms with Crippen LogP contribution in [-0.2, 0) is 16.0 Å². The Balaban J connectivity index is 2.26.